The Bertz CT molecular complexity index is 7260. The first-order valence-electron chi connectivity index (χ1n) is 43.1. The molecule has 4 saturated carbocycles. The van der Waals surface area contributed by atoms with Crippen molar-refractivity contribution in [3.05, 3.63) is 150 Å². The number of nitrogens with zero attached hydrogens (tertiary/aromatic N) is 17. The van der Waals surface area contributed by atoms with Crippen LogP contribution in [0.3, 0.4) is 0 Å². The van der Waals surface area contributed by atoms with Gasteiger partial charge in [-0.1, -0.05) is 6.92 Å². The Morgan fingerprint density at radius 1 is 0.432 bits per heavy atom. The van der Waals surface area contributed by atoms with Gasteiger partial charge in [-0.2, -0.15) is 39.9 Å². The molecule has 4 aliphatic heterocycles. The summed E-state index contributed by atoms with van der Waals surface area (Å²) >= 11 is 0. The van der Waals surface area contributed by atoms with E-state index in [4.69, 9.17) is 52.7 Å². The second-order valence-corrected chi connectivity index (χ2v) is 34.8. The lowest BCUT2D eigenvalue weighted by atomic mass is 9.97. The molecule has 35 nitrogen and oxygen atoms in total. The number of H-pyrrole nitrogens is 4. The van der Waals surface area contributed by atoms with E-state index in [1.165, 1.54) is 24.8 Å². The minimum Gasteiger partial charge on any atom is -0.423 e. The molecule has 4 saturated heterocycles. The van der Waals surface area contributed by atoms with E-state index in [2.05, 4.69) is 123 Å². The van der Waals surface area contributed by atoms with E-state index in [1.54, 1.807) is 64.7 Å². The van der Waals surface area contributed by atoms with Crippen LogP contribution in [0.2, 0.25) is 0 Å². The third kappa shape index (κ3) is 14.6. The number of aryl methyl sites for hydroxylation is 1. The SMILES string of the molecule is CNc1cc(F)c(F)c2c1[nH]c1nc(Oc3ccc(C)nc3)nc(N3C[C@H]4CC3CC4N)c12.CNc1cc(F)c(F)c2c1[nH]c1nc(Oc3ccc(N)nc3)nc(N3CC4C(N)C4C3)c12.CNc1cc(F)c(F)c2c1[nH]c1nc(Oc3ccc(N)nc3)nc(N3C[C@H](N)C4(CC4)C3)c12.CNc1cc(F)c(F)c2c1[nH]c1nc(Oc3cnc(CO)nc3)nc(N3C[C@H]4C[C@@H]3C[C@H]4C)c12. The molecule has 8 aliphatic rings. The van der Waals surface area contributed by atoms with Crippen molar-refractivity contribution in [3.8, 4) is 47.0 Å². The normalized spacial score (nSPS) is 21.1. The number of aliphatic hydroxyl groups is 1. The van der Waals surface area contributed by atoms with Crippen LogP contribution >= 0.6 is 0 Å². The quantitative estimate of drug-likeness (QED) is 0.0377. The van der Waals surface area contributed by atoms with Gasteiger partial charge in [-0.05, 0) is 111 Å². The van der Waals surface area contributed by atoms with Gasteiger partial charge in [0.25, 0.3) is 0 Å². The summed E-state index contributed by atoms with van der Waals surface area (Å²) in [5.74, 6) is -0.826. The Morgan fingerprint density at radius 2 is 0.803 bits per heavy atom. The standard InChI is InChI=1S/C23H23F2N7O2.C23H23F2N7O.C22H22F2N8O.C21H20F2N8O/c1-10-3-12-4-11(10)8-32(12)22-18-17-19(25)14(24)5-15(26-2)20(17)29-21(18)30-23(31-22)34-13-6-27-16(9-33)28-7-13;1-10-3-4-13(8-28-10)33-23-30-21-18(17-19(25)14(24)7-16(27-2)20(17)29-21)22(31-23)32-9-11-5-12(32)6-15(11)26;1-27-12-6-11(23)17(24)15-16-19(29-18(12)15)30-21(33-10-2-3-14(26)28-7-10)31-20(16)32-8-13(25)22(9-32)4-5-22;1-26-12-4-11(22)16(23)14-15-19(28-18(12)14)29-21(32-8-2-3-13(24)27-5-8)30-20(15)31-6-9-10(7-31)17(9)25/h5-7,10-12,26,33H,3-4,8-9H2,1-2H3,(H,29,30,31);3-4,7-8,11-12,15,27H,5-6,9,26H2,1-2H3,(H,29,30,31);2-3,6-7,13,27H,4-5,8-9,25H2,1H3,(H2,26,28)(H,29,30,31);2-5,9-10,17,26H,6-7,25H2,1H3,(H2,24,27)(H,28,29,30)/t10-,11-,12+;11-,12?,15?;13-;/m110./s1. The molecule has 9 atom stereocenters. The van der Waals surface area contributed by atoms with Gasteiger partial charge in [-0.15, -0.1) is 0 Å². The number of aromatic amines is 4. The van der Waals surface area contributed by atoms with Crippen LogP contribution in [0, 0.1) is 88.5 Å². The molecule has 132 heavy (non-hydrogen) atoms. The highest BCUT2D eigenvalue weighted by Crippen LogP contribution is 2.55. The van der Waals surface area contributed by atoms with E-state index in [-0.39, 0.29) is 93.6 Å². The number of rotatable bonds is 17. The van der Waals surface area contributed by atoms with E-state index in [9.17, 15) is 17.6 Å². The number of hydrogen-bond donors (Lipinski definition) is 14. The number of aromatic nitrogens is 17. The van der Waals surface area contributed by atoms with Crippen molar-refractivity contribution in [1.82, 2.24) is 84.7 Å². The maximum atomic E-state index is 15.1. The number of halogens is 8. The molecular weight excluding hydrogens is 1720 g/mol. The fraction of sp³-hybridized carbons (Fsp3) is 0.337. The Labute approximate surface area is 743 Å². The number of nitrogens with two attached hydrogens (primary N) is 5. The van der Waals surface area contributed by atoms with Crippen LogP contribution in [-0.4, -0.2) is 188 Å². The first-order valence-corrected chi connectivity index (χ1v) is 43.1. The van der Waals surface area contributed by atoms with Gasteiger partial charge < -0.3 is 114 Å². The average molecular weight is 1810 g/mol. The number of aliphatic hydroxyl groups excluding tert-OH is 1. The van der Waals surface area contributed by atoms with Crippen molar-refractivity contribution in [2.45, 2.75) is 89.2 Å². The second kappa shape index (κ2) is 32.5. The molecule has 12 aromatic heterocycles. The fourth-order valence-corrected chi connectivity index (χ4v) is 19.9. The van der Waals surface area contributed by atoms with Crippen LogP contribution in [0.5, 0.6) is 47.0 Å². The van der Waals surface area contributed by atoms with E-state index >= 15 is 17.6 Å². The molecule has 1 spiro atoms. The van der Waals surface area contributed by atoms with Crippen LogP contribution in [0.4, 0.5) is 92.8 Å². The number of nitrogens with one attached hydrogen (secondary N) is 8. The first kappa shape index (κ1) is 84.3. The number of pyridine rings is 3. The highest BCUT2D eigenvalue weighted by Gasteiger charge is 2.56. The minimum absolute atomic E-state index is 0.0205. The monoisotopic (exact) mass is 1810 g/mol. The zero-order valence-electron chi connectivity index (χ0n) is 71.7. The molecule has 0 amide bonds. The lowest BCUT2D eigenvalue weighted by molar-refractivity contribution is 0.270. The molecule has 16 aromatic rings. The fourth-order valence-electron chi connectivity index (χ4n) is 19.9. The van der Waals surface area contributed by atoms with Crippen molar-refractivity contribution in [2.24, 2.45) is 52.2 Å². The van der Waals surface area contributed by atoms with Gasteiger partial charge in [-0.25, -0.2) is 55.1 Å². The second-order valence-electron chi connectivity index (χ2n) is 34.8. The van der Waals surface area contributed by atoms with Crippen LogP contribution in [0.15, 0.2) is 91.6 Å². The summed E-state index contributed by atoms with van der Waals surface area (Å²) in [5, 5.41) is 22.9. The maximum absolute atomic E-state index is 15.1. The molecule has 4 aromatic carbocycles. The lowest BCUT2D eigenvalue weighted by Crippen LogP contribution is -2.41. The number of nitrogen functional groups attached to an aromatic ring is 2. The van der Waals surface area contributed by atoms with E-state index in [0.717, 1.165) is 75.0 Å². The number of piperidine rings is 3. The topological polar surface area (TPSA) is 479 Å². The molecular formula is C89H88F8N30O5. The average Bonchev–Trinajstić information content (AvgIpc) is 1.55. The van der Waals surface area contributed by atoms with Gasteiger partial charge >= 0.3 is 24.0 Å². The zero-order chi connectivity index (χ0) is 91.5. The summed E-state index contributed by atoms with van der Waals surface area (Å²) in [5.41, 5.74) is 35.7. The number of anilines is 10. The number of hydrogen-bond acceptors (Lipinski definition) is 31. The third-order valence-electron chi connectivity index (χ3n) is 27.0. The van der Waals surface area contributed by atoms with Gasteiger partial charge in [0.2, 0.25) is 0 Å². The largest absolute Gasteiger partial charge is 0.423 e. The summed E-state index contributed by atoms with van der Waals surface area (Å²) in [6.45, 7) is 7.95. The summed E-state index contributed by atoms with van der Waals surface area (Å²) in [4.78, 5) is 77.6. The Balaban J connectivity index is 0.000000106. The molecule has 8 fully saturated rings. The first-order chi connectivity index (χ1) is 63.7. The maximum Gasteiger partial charge on any atom is 0.326 e. The molecule has 680 valence electrons. The third-order valence-corrected chi connectivity index (χ3v) is 27.0. The molecule has 43 heteroatoms. The Hall–Kier alpha value is -14.6. The van der Waals surface area contributed by atoms with Gasteiger partial charge in [0.05, 0.1) is 119 Å². The van der Waals surface area contributed by atoms with Gasteiger partial charge in [0.1, 0.15) is 81.4 Å². The molecule has 24 rings (SSSR count). The van der Waals surface area contributed by atoms with Crippen LogP contribution in [0.1, 0.15) is 57.0 Å². The van der Waals surface area contributed by atoms with Crippen molar-refractivity contribution in [1.29, 1.82) is 0 Å². The van der Waals surface area contributed by atoms with Crippen LogP contribution < -0.4 is 88.5 Å². The van der Waals surface area contributed by atoms with Gasteiger partial charge in [0.15, 0.2) is 58.1 Å². The summed E-state index contributed by atoms with van der Waals surface area (Å²) < 4.78 is 142. The van der Waals surface area contributed by atoms with Crippen molar-refractivity contribution >= 4 is 145 Å². The lowest BCUT2D eigenvalue weighted by Gasteiger charge is -2.31. The number of benzene rings is 4. The number of ether oxygens (including phenoxy) is 4. The summed E-state index contributed by atoms with van der Waals surface area (Å²) in [6, 6.07) is 15.6. The Morgan fingerprint density at radius 3 is 1.14 bits per heavy atom. The Kier molecular flexibility index (Phi) is 20.7. The molecule has 0 radical (unpaired) electrons. The van der Waals surface area contributed by atoms with E-state index in [1.807, 2.05) is 22.8 Å². The highest BCUT2D eigenvalue weighted by atomic mass is 19.2. The predicted molar refractivity (Wildman–Crippen MR) is 482 cm³/mol. The van der Waals surface area contributed by atoms with E-state index in [0.29, 0.717) is 209 Å². The summed E-state index contributed by atoms with van der Waals surface area (Å²) in [6.07, 6.45) is 13.3. The van der Waals surface area contributed by atoms with Crippen molar-refractivity contribution < 1.29 is 59.2 Å². The van der Waals surface area contributed by atoms with Crippen LogP contribution in [0.25, 0.3) is 87.7 Å². The smallest absolute Gasteiger partial charge is 0.326 e. The van der Waals surface area contributed by atoms with E-state index < -0.39 is 46.5 Å². The minimum atomic E-state index is -0.957. The zero-order valence-corrected chi connectivity index (χ0v) is 71.7. The molecule has 4 unspecified atom stereocenters. The molecule has 4 aliphatic carbocycles. The van der Waals surface area contributed by atoms with Gasteiger partial charge in [-0.3, -0.25) is 4.98 Å². The highest BCUT2D eigenvalue weighted by molar-refractivity contribution is 6.18. The summed E-state index contributed by atoms with van der Waals surface area (Å²) in [7, 11) is 6.59. The van der Waals surface area contributed by atoms with Gasteiger partial charge in [0, 0.05) is 133 Å². The molecule has 16 heterocycles. The van der Waals surface area contributed by atoms with Crippen LogP contribution in [-0.2, 0) is 6.61 Å². The van der Waals surface area contributed by atoms with Crippen molar-refractivity contribution in [3.63, 3.8) is 0 Å². The number of fused-ring (bicyclic) bond motifs is 17. The molecule has 19 N–H and O–H groups in total. The molecule has 4 bridgehead atoms. The predicted octanol–water partition coefficient (Wildman–Crippen LogP) is 13.3. The van der Waals surface area contributed by atoms with Crippen molar-refractivity contribution in [2.75, 3.05) is 120 Å².